The molecule has 1 unspecified atom stereocenters. The standard InChI is InChI=1S/C24H23FN2O3S/c1-14(17-9-10-22(29-4)23(11-17)30-5)26-12-21(28)16(3)27-15(2)19-13-31-24-18(19)7-6-8-20(24)25/h6-14H,3H2,1-2,4-5H3. The highest BCUT2D eigenvalue weighted by Crippen LogP contribution is 2.31. The zero-order valence-corrected chi connectivity index (χ0v) is 18.6. The number of fused-ring (bicyclic) bond motifs is 1. The van der Waals surface area contributed by atoms with Crippen molar-refractivity contribution in [1.29, 1.82) is 0 Å². The summed E-state index contributed by atoms with van der Waals surface area (Å²) in [6.45, 7) is 7.41. The van der Waals surface area contributed by atoms with E-state index in [1.54, 1.807) is 33.3 Å². The molecule has 1 atom stereocenters. The van der Waals surface area contributed by atoms with E-state index in [-0.39, 0.29) is 17.6 Å². The molecule has 0 radical (unpaired) electrons. The van der Waals surface area contributed by atoms with E-state index in [1.165, 1.54) is 23.6 Å². The zero-order chi connectivity index (χ0) is 22.5. The largest absolute Gasteiger partial charge is 0.493 e. The predicted molar refractivity (Wildman–Crippen MR) is 125 cm³/mol. The van der Waals surface area contributed by atoms with Crippen LogP contribution >= 0.6 is 11.3 Å². The van der Waals surface area contributed by atoms with Gasteiger partial charge in [-0.1, -0.05) is 24.8 Å². The van der Waals surface area contributed by atoms with Crippen LogP contribution in [0.15, 0.2) is 64.0 Å². The van der Waals surface area contributed by atoms with E-state index in [1.807, 2.05) is 30.5 Å². The lowest BCUT2D eigenvalue weighted by Gasteiger charge is -2.11. The molecule has 0 saturated heterocycles. The first-order chi connectivity index (χ1) is 14.8. The third-order valence-corrected chi connectivity index (χ3v) is 5.84. The molecule has 5 nitrogen and oxygen atoms in total. The molecule has 7 heteroatoms. The minimum absolute atomic E-state index is 0.0662. The highest BCUT2D eigenvalue weighted by atomic mass is 32.1. The maximum absolute atomic E-state index is 13.9. The first kappa shape index (κ1) is 22.4. The van der Waals surface area contributed by atoms with E-state index >= 15 is 0 Å². The van der Waals surface area contributed by atoms with Crippen LogP contribution in [0.3, 0.4) is 0 Å². The normalized spacial score (nSPS) is 12.9. The van der Waals surface area contributed by atoms with Gasteiger partial charge in [0.15, 0.2) is 11.5 Å². The van der Waals surface area contributed by atoms with Crippen LogP contribution in [0.25, 0.3) is 10.1 Å². The lowest BCUT2D eigenvalue weighted by Crippen LogP contribution is -2.05. The van der Waals surface area contributed by atoms with Gasteiger partial charge in [0.2, 0.25) is 5.78 Å². The molecule has 0 spiro atoms. The number of halogens is 1. The van der Waals surface area contributed by atoms with Crippen molar-refractivity contribution >= 4 is 39.1 Å². The minimum atomic E-state index is -0.391. The Morgan fingerprint density at radius 1 is 1.19 bits per heavy atom. The number of hydrogen-bond donors (Lipinski definition) is 0. The fourth-order valence-electron chi connectivity index (χ4n) is 3.07. The van der Waals surface area contributed by atoms with Crippen LogP contribution in [-0.4, -0.2) is 31.9 Å². The molecule has 0 bridgehead atoms. The Morgan fingerprint density at radius 3 is 2.65 bits per heavy atom. The summed E-state index contributed by atoms with van der Waals surface area (Å²) in [5, 5.41) is 2.60. The molecule has 31 heavy (non-hydrogen) atoms. The summed E-state index contributed by atoms with van der Waals surface area (Å²) in [5.41, 5.74) is 2.32. The van der Waals surface area contributed by atoms with Gasteiger partial charge in [-0.3, -0.25) is 9.79 Å². The minimum Gasteiger partial charge on any atom is -0.493 e. The fraction of sp³-hybridized carbons (Fsp3) is 0.208. The second kappa shape index (κ2) is 9.66. The van der Waals surface area contributed by atoms with Gasteiger partial charge in [0, 0.05) is 22.0 Å². The number of benzene rings is 2. The van der Waals surface area contributed by atoms with Crippen LogP contribution in [0.1, 0.15) is 31.0 Å². The van der Waals surface area contributed by atoms with Gasteiger partial charge in [0.1, 0.15) is 11.5 Å². The first-order valence-electron chi connectivity index (χ1n) is 9.55. The molecule has 3 rings (SSSR count). The summed E-state index contributed by atoms with van der Waals surface area (Å²) in [5.74, 6) is 0.556. The Morgan fingerprint density at radius 2 is 1.94 bits per heavy atom. The molecule has 0 saturated carbocycles. The third-order valence-electron chi connectivity index (χ3n) is 4.83. The number of carbonyl (C=O) groups is 1. The molecular weight excluding hydrogens is 415 g/mol. The highest BCUT2D eigenvalue weighted by Gasteiger charge is 2.13. The lowest BCUT2D eigenvalue weighted by molar-refractivity contribution is -0.109. The maximum atomic E-state index is 13.9. The number of ether oxygens (including phenoxy) is 2. The topological polar surface area (TPSA) is 60.2 Å². The van der Waals surface area contributed by atoms with E-state index in [9.17, 15) is 9.18 Å². The van der Waals surface area contributed by atoms with E-state index in [0.717, 1.165) is 16.5 Å². The molecule has 2 aromatic carbocycles. The van der Waals surface area contributed by atoms with Crippen molar-refractivity contribution in [1.82, 2.24) is 0 Å². The molecule has 0 aliphatic rings. The number of hydrogen-bond acceptors (Lipinski definition) is 6. The number of allylic oxidation sites excluding steroid dienone is 1. The number of thiophene rings is 1. The highest BCUT2D eigenvalue weighted by molar-refractivity contribution is 7.17. The van der Waals surface area contributed by atoms with Crippen molar-refractivity contribution < 1.29 is 18.7 Å². The number of methoxy groups -OCH3 is 2. The van der Waals surface area contributed by atoms with E-state index in [2.05, 4.69) is 16.6 Å². The molecular formula is C24H23FN2O3S. The quantitative estimate of drug-likeness (QED) is 0.331. The van der Waals surface area contributed by atoms with Crippen molar-refractivity contribution in [3.05, 3.63) is 71.0 Å². The molecule has 160 valence electrons. The van der Waals surface area contributed by atoms with Gasteiger partial charge in [0.25, 0.3) is 0 Å². The fourth-order valence-corrected chi connectivity index (χ4v) is 4.09. The van der Waals surface area contributed by atoms with Crippen molar-refractivity contribution in [2.24, 2.45) is 9.98 Å². The van der Waals surface area contributed by atoms with Gasteiger partial charge in [-0.2, -0.15) is 0 Å². The van der Waals surface area contributed by atoms with Crippen molar-refractivity contribution in [3.63, 3.8) is 0 Å². The monoisotopic (exact) mass is 438 g/mol. The third kappa shape index (κ3) is 4.88. The summed E-state index contributed by atoms with van der Waals surface area (Å²) in [6.07, 6.45) is 1.23. The Labute approximate surface area is 184 Å². The van der Waals surface area contributed by atoms with Crippen LogP contribution in [0.2, 0.25) is 0 Å². The second-order valence-corrected chi connectivity index (χ2v) is 7.72. The van der Waals surface area contributed by atoms with Crippen LogP contribution < -0.4 is 9.47 Å². The van der Waals surface area contributed by atoms with Gasteiger partial charge in [-0.15, -0.1) is 11.3 Å². The Hall–Kier alpha value is -3.32. The average molecular weight is 439 g/mol. The molecule has 0 N–H and O–H groups in total. The molecule has 0 aliphatic carbocycles. The van der Waals surface area contributed by atoms with Crippen LogP contribution in [0.5, 0.6) is 11.5 Å². The SMILES string of the molecule is C=C(N=C(C)c1csc2c(F)cccc12)C(=O)C=NC(C)c1ccc(OC)c(OC)c1. The second-order valence-electron chi connectivity index (χ2n) is 6.84. The van der Waals surface area contributed by atoms with E-state index in [0.29, 0.717) is 21.9 Å². The average Bonchev–Trinajstić information content (AvgIpc) is 3.22. The summed E-state index contributed by atoms with van der Waals surface area (Å²) >= 11 is 1.31. The van der Waals surface area contributed by atoms with Crippen LogP contribution in [0, 0.1) is 5.82 Å². The van der Waals surface area contributed by atoms with Gasteiger partial charge in [-0.05, 0) is 37.6 Å². The van der Waals surface area contributed by atoms with E-state index < -0.39 is 5.78 Å². The van der Waals surface area contributed by atoms with Crippen molar-refractivity contribution in [2.45, 2.75) is 19.9 Å². The molecule has 1 heterocycles. The predicted octanol–water partition coefficient (Wildman–Crippen LogP) is 5.78. The molecule has 0 aliphatic heterocycles. The summed E-state index contributed by atoms with van der Waals surface area (Å²) in [4.78, 5) is 21.1. The van der Waals surface area contributed by atoms with Gasteiger partial charge in [-0.25, -0.2) is 9.38 Å². The smallest absolute Gasteiger partial charge is 0.221 e. The van der Waals surface area contributed by atoms with Crippen molar-refractivity contribution in [2.75, 3.05) is 14.2 Å². The summed E-state index contributed by atoms with van der Waals surface area (Å²) in [6, 6.07) is 10.1. The Kier molecular flexibility index (Phi) is 6.97. The number of ketones is 1. The molecule has 1 aromatic heterocycles. The number of aliphatic imine (C=N–C) groups is 2. The van der Waals surface area contributed by atoms with Gasteiger partial charge < -0.3 is 9.47 Å². The number of Topliss-reactive ketones (excluding diaryl/α,β-unsaturated/α-hetero) is 1. The molecule has 0 amide bonds. The molecule has 0 fully saturated rings. The number of rotatable bonds is 8. The summed E-state index contributed by atoms with van der Waals surface area (Å²) in [7, 11) is 3.13. The number of carbonyl (C=O) groups excluding carboxylic acids is 1. The van der Waals surface area contributed by atoms with Gasteiger partial charge >= 0.3 is 0 Å². The van der Waals surface area contributed by atoms with E-state index in [4.69, 9.17) is 9.47 Å². The first-order valence-corrected chi connectivity index (χ1v) is 10.4. The Bertz CT molecular complexity index is 1200. The zero-order valence-electron chi connectivity index (χ0n) is 17.8. The Balaban J connectivity index is 1.74. The van der Waals surface area contributed by atoms with Crippen LogP contribution in [0.4, 0.5) is 4.39 Å². The lowest BCUT2D eigenvalue weighted by atomic mass is 10.1. The molecule has 3 aromatic rings. The van der Waals surface area contributed by atoms with Crippen molar-refractivity contribution in [3.8, 4) is 11.5 Å². The van der Waals surface area contributed by atoms with Crippen LogP contribution in [-0.2, 0) is 4.79 Å². The maximum Gasteiger partial charge on any atom is 0.221 e. The number of nitrogens with zero attached hydrogens (tertiary/aromatic N) is 2. The summed E-state index contributed by atoms with van der Waals surface area (Å²) < 4.78 is 25.0. The van der Waals surface area contributed by atoms with Gasteiger partial charge in [0.05, 0.1) is 31.2 Å².